The van der Waals surface area contributed by atoms with E-state index < -0.39 is 0 Å². The van der Waals surface area contributed by atoms with Gasteiger partial charge < -0.3 is 5.32 Å². The molecule has 2 atom stereocenters. The van der Waals surface area contributed by atoms with Crippen molar-refractivity contribution < 1.29 is 0 Å². The third-order valence-corrected chi connectivity index (χ3v) is 4.99. The third kappa shape index (κ3) is 4.01. The summed E-state index contributed by atoms with van der Waals surface area (Å²) in [5.41, 5.74) is 1.45. The van der Waals surface area contributed by atoms with Crippen LogP contribution in [0.5, 0.6) is 0 Å². The topological polar surface area (TPSA) is 12.0 Å². The van der Waals surface area contributed by atoms with Gasteiger partial charge in [-0.15, -0.1) is 0 Å². The number of hydrogen-bond acceptors (Lipinski definition) is 2. The molecule has 1 aliphatic heterocycles. The van der Waals surface area contributed by atoms with Crippen LogP contribution in [0.25, 0.3) is 0 Å². The lowest BCUT2D eigenvalue weighted by molar-refractivity contribution is 0.425. The molecule has 1 aromatic carbocycles. The van der Waals surface area contributed by atoms with Crippen LogP contribution in [0.15, 0.2) is 28.7 Å². The average Bonchev–Trinajstić information content (AvgIpc) is 2.74. The van der Waals surface area contributed by atoms with Crippen LogP contribution in [0.4, 0.5) is 0 Å². The van der Waals surface area contributed by atoms with Gasteiger partial charge in [-0.05, 0) is 48.8 Å². The summed E-state index contributed by atoms with van der Waals surface area (Å²) in [5, 5.41) is 3.68. The number of benzene rings is 1. The number of halogens is 1. The van der Waals surface area contributed by atoms with E-state index >= 15 is 0 Å². The number of rotatable bonds is 5. The Bertz CT molecular complexity index is 356. The molecule has 1 N–H and O–H groups in total. The summed E-state index contributed by atoms with van der Waals surface area (Å²) >= 11 is 5.64. The summed E-state index contributed by atoms with van der Waals surface area (Å²) in [4.78, 5) is 0. The fraction of sp³-hybridized carbons (Fsp3) is 0.571. The van der Waals surface area contributed by atoms with E-state index in [1.807, 2.05) is 0 Å². The van der Waals surface area contributed by atoms with Gasteiger partial charge in [-0.1, -0.05) is 35.0 Å². The Morgan fingerprint density at radius 2 is 2.29 bits per heavy atom. The van der Waals surface area contributed by atoms with Crippen molar-refractivity contribution in [3.8, 4) is 0 Å². The SMILES string of the molecule is CCCNC1CSCC1Cc1cccc(Br)c1. The summed E-state index contributed by atoms with van der Waals surface area (Å²) in [5.74, 6) is 3.37. The highest BCUT2D eigenvalue weighted by Crippen LogP contribution is 2.28. The molecule has 0 saturated carbocycles. The van der Waals surface area contributed by atoms with Crippen LogP contribution in [-0.2, 0) is 6.42 Å². The second-order valence-corrected chi connectivity index (χ2v) is 6.68. The number of hydrogen-bond donors (Lipinski definition) is 1. The van der Waals surface area contributed by atoms with Crippen LogP contribution >= 0.6 is 27.7 Å². The first kappa shape index (κ1) is 13.4. The lowest BCUT2D eigenvalue weighted by atomic mass is 9.95. The number of thioether (sulfide) groups is 1. The molecule has 1 aliphatic rings. The minimum absolute atomic E-state index is 0.707. The monoisotopic (exact) mass is 313 g/mol. The summed E-state index contributed by atoms with van der Waals surface area (Å²) in [6.07, 6.45) is 2.43. The van der Waals surface area contributed by atoms with Gasteiger partial charge in [-0.25, -0.2) is 0 Å². The van der Waals surface area contributed by atoms with Gasteiger partial charge >= 0.3 is 0 Å². The van der Waals surface area contributed by atoms with Crippen molar-refractivity contribution in [1.82, 2.24) is 5.32 Å². The fourth-order valence-corrected chi connectivity index (χ4v) is 4.20. The maximum Gasteiger partial charge on any atom is 0.0197 e. The molecule has 1 heterocycles. The quantitative estimate of drug-likeness (QED) is 0.889. The molecule has 0 spiro atoms. The molecule has 2 rings (SSSR count). The average molecular weight is 314 g/mol. The van der Waals surface area contributed by atoms with E-state index in [1.165, 1.54) is 34.4 Å². The smallest absolute Gasteiger partial charge is 0.0197 e. The van der Waals surface area contributed by atoms with Crippen molar-refractivity contribution in [1.29, 1.82) is 0 Å². The van der Waals surface area contributed by atoms with Gasteiger partial charge in [0.15, 0.2) is 0 Å². The van der Waals surface area contributed by atoms with Crippen LogP contribution < -0.4 is 5.32 Å². The normalized spacial score (nSPS) is 24.1. The van der Waals surface area contributed by atoms with E-state index in [-0.39, 0.29) is 0 Å². The predicted molar refractivity (Wildman–Crippen MR) is 80.7 cm³/mol. The molecule has 0 aromatic heterocycles. The van der Waals surface area contributed by atoms with Gasteiger partial charge in [0.2, 0.25) is 0 Å². The second kappa shape index (κ2) is 6.81. The zero-order valence-electron chi connectivity index (χ0n) is 10.3. The maximum atomic E-state index is 3.68. The van der Waals surface area contributed by atoms with Gasteiger partial charge in [-0.2, -0.15) is 11.8 Å². The lowest BCUT2D eigenvalue weighted by Crippen LogP contribution is -2.36. The molecule has 1 fully saturated rings. The minimum atomic E-state index is 0.707. The van der Waals surface area contributed by atoms with Gasteiger partial charge in [0.05, 0.1) is 0 Å². The summed E-state index contributed by atoms with van der Waals surface area (Å²) in [6, 6.07) is 9.43. The molecule has 1 aromatic rings. The summed E-state index contributed by atoms with van der Waals surface area (Å²) < 4.78 is 1.19. The molecular formula is C14H20BrNS. The molecule has 2 unspecified atom stereocenters. The number of nitrogens with one attached hydrogen (secondary N) is 1. The van der Waals surface area contributed by atoms with E-state index in [0.717, 1.165) is 12.5 Å². The Balaban J connectivity index is 1.93. The maximum absolute atomic E-state index is 3.68. The highest BCUT2D eigenvalue weighted by atomic mass is 79.9. The first-order valence-corrected chi connectivity index (χ1v) is 8.30. The Kier molecular flexibility index (Phi) is 5.39. The van der Waals surface area contributed by atoms with Crippen molar-refractivity contribution in [2.45, 2.75) is 25.8 Å². The van der Waals surface area contributed by atoms with E-state index in [0.29, 0.717) is 6.04 Å². The minimum Gasteiger partial charge on any atom is -0.313 e. The highest BCUT2D eigenvalue weighted by molar-refractivity contribution is 9.10. The molecule has 3 heteroatoms. The molecule has 17 heavy (non-hydrogen) atoms. The fourth-order valence-electron chi connectivity index (χ4n) is 2.32. The third-order valence-electron chi connectivity index (χ3n) is 3.24. The Morgan fingerprint density at radius 3 is 3.06 bits per heavy atom. The van der Waals surface area contributed by atoms with Gasteiger partial charge in [0.1, 0.15) is 0 Å². The largest absolute Gasteiger partial charge is 0.313 e. The van der Waals surface area contributed by atoms with E-state index in [4.69, 9.17) is 0 Å². The van der Waals surface area contributed by atoms with Gasteiger partial charge in [-0.3, -0.25) is 0 Å². The van der Waals surface area contributed by atoms with Crippen LogP contribution in [-0.4, -0.2) is 24.1 Å². The van der Waals surface area contributed by atoms with E-state index in [2.05, 4.69) is 64.2 Å². The molecule has 0 aliphatic carbocycles. The Morgan fingerprint density at radius 1 is 1.41 bits per heavy atom. The van der Waals surface area contributed by atoms with Crippen molar-refractivity contribution in [2.75, 3.05) is 18.1 Å². The summed E-state index contributed by atoms with van der Waals surface area (Å²) in [7, 11) is 0. The standard InChI is InChI=1S/C14H20BrNS/c1-2-6-16-14-10-17-9-12(14)7-11-4-3-5-13(15)8-11/h3-5,8,12,14,16H,2,6-7,9-10H2,1H3. The molecule has 0 bridgehead atoms. The second-order valence-electron chi connectivity index (χ2n) is 4.69. The predicted octanol–water partition coefficient (Wildman–Crippen LogP) is 3.72. The van der Waals surface area contributed by atoms with Crippen LogP contribution in [0.2, 0.25) is 0 Å². The van der Waals surface area contributed by atoms with E-state index in [9.17, 15) is 0 Å². The first-order valence-electron chi connectivity index (χ1n) is 6.35. The lowest BCUT2D eigenvalue weighted by Gasteiger charge is -2.20. The van der Waals surface area contributed by atoms with Crippen LogP contribution in [0.3, 0.4) is 0 Å². The molecule has 0 amide bonds. The van der Waals surface area contributed by atoms with Crippen molar-refractivity contribution >= 4 is 27.7 Å². The molecule has 1 saturated heterocycles. The summed E-state index contributed by atoms with van der Waals surface area (Å²) in [6.45, 7) is 3.39. The molecule has 1 nitrogen and oxygen atoms in total. The molecular weight excluding hydrogens is 294 g/mol. The van der Waals surface area contributed by atoms with Crippen LogP contribution in [0, 0.1) is 5.92 Å². The van der Waals surface area contributed by atoms with Gasteiger partial charge in [0, 0.05) is 16.3 Å². The van der Waals surface area contributed by atoms with Crippen molar-refractivity contribution in [3.05, 3.63) is 34.3 Å². The highest BCUT2D eigenvalue weighted by Gasteiger charge is 2.27. The Hall–Kier alpha value is 0.01000. The van der Waals surface area contributed by atoms with Crippen molar-refractivity contribution in [2.24, 2.45) is 5.92 Å². The zero-order chi connectivity index (χ0) is 12.1. The van der Waals surface area contributed by atoms with Crippen molar-refractivity contribution in [3.63, 3.8) is 0 Å². The molecule has 94 valence electrons. The molecule has 0 radical (unpaired) electrons. The van der Waals surface area contributed by atoms with Crippen LogP contribution in [0.1, 0.15) is 18.9 Å². The Labute approximate surface area is 117 Å². The van der Waals surface area contributed by atoms with E-state index in [1.54, 1.807) is 0 Å². The van der Waals surface area contributed by atoms with Gasteiger partial charge in [0.25, 0.3) is 0 Å². The zero-order valence-corrected chi connectivity index (χ0v) is 12.7. The first-order chi connectivity index (χ1) is 8.29.